The number of tetrazole rings is 1. The first-order valence-electron chi connectivity index (χ1n) is 6.82. The van der Waals surface area contributed by atoms with Gasteiger partial charge in [-0.3, -0.25) is 0 Å². The van der Waals surface area contributed by atoms with Gasteiger partial charge in [-0.25, -0.2) is 4.39 Å². The van der Waals surface area contributed by atoms with Crippen LogP contribution in [0, 0.1) is 5.82 Å². The molecule has 0 saturated carbocycles. The van der Waals surface area contributed by atoms with Gasteiger partial charge in [0.1, 0.15) is 5.75 Å². The van der Waals surface area contributed by atoms with Crippen molar-refractivity contribution >= 4 is 11.8 Å². The first kappa shape index (κ1) is 15.3. The molecule has 23 heavy (non-hydrogen) atoms. The highest BCUT2D eigenvalue weighted by Gasteiger charge is 2.09. The van der Waals surface area contributed by atoms with E-state index in [1.54, 1.807) is 47.1 Å². The Morgan fingerprint density at radius 1 is 1.13 bits per heavy atom. The standard InChI is InChI=1S/C15H13FN4O2S/c16-13-3-1-2-4-14(13)22-9-10-23-15-17-18-19-20(15)11-5-7-12(21)8-6-11/h1-8,21H,9-10H2. The summed E-state index contributed by atoms with van der Waals surface area (Å²) in [5, 5.41) is 21.4. The third-order valence-electron chi connectivity index (χ3n) is 2.94. The number of halogens is 1. The lowest BCUT2D eigenvalue weighted by atomic mass is 10.3. The number of phenols is 1. The van der Waals surface area contributed by atoms with E-state index in [1.165, 1.54) is 17.8 Å². The highest BCUT2D eigenvalue weighted by Crippen LogP contribution is 2.21. The van der Waals surface area contributed by atoms with Gasteiger partial charge < -0.3 is 9.84 Å². The van der Waals surface area contributed by atoms with Gasteiger partial charge in [0.05, 0.1) is 12.3 Å². The summed E-state index contributed by atoms with van der Waals surface area (Å²) in [5.74, 6) is 0.583. The maximum atomic E-state index is 13.4. The summed E-state index contributed by atoms with van der Waals surface area (Å²) in [5.41, 5.74) is 0.741. The average molecular weight is 332 g/mol. The van der Waals surface area contributed by atoms with Crippen LogP contribution < -0.4 is 4.74 Å². The molecule has 0 aliphatic carbocycles. The highest BCUT2D eigenvalue weighted by atomic mass is 32.2. The zero-order valence-electron chi connectivity index (χ0n) is 12.0. The van der Waals surface area contributed by atoms with Gasteiger partial charge in [0.25, 0.3) is 0 Å². The SMILES string of the molecule is Oc1ccc(-n2nnnc2SCCOc2ccccc2F)cc1. The third-order valence-corrected chi connectivity index (χ3v) is 3.83. The molecule has 1 heterocycles. The Hall–Kier alpha value is -2.61. The molecule has 1 aromatic heterocycles. The first-order chi connectivity index (χ1) is 11.2. The minimum Gasteiger partial charge on any atom is -0.508 e. The van der Waals surface area contributed by atoms with Gasteiger partial charge in [-0.05, 0) is 46.8 Å². The summed E-state index contributed by atoms with van der Waals surface area (Å²) in [6, 6.07) is 12.8. The predicted octanol–water partition coefficient (Wildman–Crippen LogP) is 2.68. The highest BCUT2D eigenvalue weighted by molar-refractivity contribution is 7.99. The molecule has 0 saturated heterocycles. The summed E-state index contributed by atoms with van der Waals surface area (Å²) in [6.45, 7) is 0.327. The number of thioether (sulfide) groups is 1. The molecule has 0 aliphatic heterocycles. The second kappa shape index (κ2) is 7.10. The van der Waals surface area contributed by atoms with Crippen molar-refractivity contribution in [2.45, 2.75) is 5.16 Å². The number of para-hydroxylation sites is 1. The van der Waals surface area contributed by atoms with Crippen molar-refractivity contribution in [3.05, 3.63) is 54.3 Å². The van der Waals surface area contributed by atoms with Crippen molar-refractivity contribution in [2.24, 2.45) is 0 Å². The molecule has 118 valence electrons. The number of aromatic hydroxyl groups is 1. The Morgan fingerprint density at radius 3 is 2.70 bits per heavy atom. The van der Waals surface area contributed by atoms with E-state index in [0.29, 0.717) is 17.5 Å². The molecule has 3 rings (SSSR count). The quantitative estimate of drug-likeness (QED) is 0.553. The van der Waals surface area contributed by atoms with Crippen LogP contribution in [0.5, 0.6) is 11.5 Å². The van der Waals surface area contributed by atoms with Gasteiger partial charge in [-0.2, -0.15) is 4.68 Å². The Labute approximate surface area is 135 Å². The van der Waals surface area contributed by atoms with E-state index >= 15 is 0 Å². The molecule has 6 nitrogen and oxygen atoms in total. The first-order valence-corrected chi connectivity index (χ1v) is 7.80. The molecule has 0 aliphatic rings. The van der Waals surface area contributed by atoms with Gasteiger partial charge >= 0.3 is 0 Å². The summed E-state index contributed by atoms with van der Waals surface area (Å²) in [7, 11) is 0. The lowest BCUT2D eigenvalue weighted by Crippen LogP contribution is -2.04. The van der Waals surface area contributed by atoms with Crippen molar-refractivity contribution in [1.29, 1.82) is 0 Å². The van der Waals surface area contributed by atoms with Gasteiger partial charge in [0.15, 0.2) is 11.6 Å². The smallest absolute Gasteiger partial charge is 0.214 e. The molecule has 8 heteroatoms. The van der Waals surface area contributed by atoms with Crippen LogP contribution in [0.2, 0.25) is 0 Å². The fourth-order valence-corrected chi connectivity index (χ4v) is 2.58. The number of hydrogen-bond acceptors (Lipinski definition) is 6. The van der Waals surface area contributed by atoms with Crippen molar-refractivity contribution in [1.82, 2.24) is 20.2 Å². The molecule has 1 N–H and O–H groups in total. The van der Waals surface area contributed by atoms with Crippen LogP contribution in [0.4, 0.5) is 4.39 Å². The topological polar surface area (TPSA) is 73.1 Å². The Balaban J connectivity index is 1.58. The predicted molar refractivity (Wildman–Crippen MR) is 83.4 cm³/mol. The van der Waals surface area contributed by atoms with Gasteiger partial charge in [0, 0.05) is 5.75 Å². The molecular formula is C15H13FN4O2S. The van der Waals surface area contributed by atoms with Crippen molar-refractivity contribution < 1.29 is 14.2 Å². The lowest BCUT2D eigenvalue weighted by Gasteiger charge is -2.07. The average Bonchev–Trinajstić information content (AvgIpc) is 3.02. The van der Waals surface area contributed by atoms with E-state index in [0.717, 1.165) is 5.69 Å². The number of nitrogens with zero attached hydrogens (tertiary/aromatic N) is 4. The molecule has 0 atom stereocenters. The second-order valence-corrected chi connectivity index (χ2v) is 5.58. The maximum absolute atomic E-state index is 13.4. The van der Waals surface area contributed by atoms with Crippen LogP contribution in [0.25, 0.3) is 5.69 Å². The number of hydrogen-bond donors (Lipinski definition) is 1. The number of phenolic OH excluding ortho intramolecular Hbond substituents is 1. The van der Waals surface area contributed by atoms with Crippen LogP contribution in [-0.2, 0) is 0 Å². The minimum absolute atomic E-state index is 0.175. The molecule has 3 aromatic rings. The normalized spacial score (nSPS) is 10.7. The Morgan fingerprint density at radius 2 is 1.91 bits per heavy atom. The minimum atomic E-state index is -0.383. The zero-order valence-corrected chi connectivity index (χ0v) is 12.8. The summed E-state index contributed by atoms with van der Waals surface area (Å²) in [6.07, 6.45) is 0. The van der Waals surface area contributed by atoms with E-state index in [4.69, 9.17) is 4.74 Å². The van der Waals surface area contributed by atoms with Gasteiger partial charge in [-0.1, -0.05) is 23.9 Å². The van der Waals surface area contributed by atoms with E-state index in [1.807, 2.05) is 0 Å². The summed E-state index contributed by atoms with van der Waals surface area (Å²) in [4.78, 5) is 0. The number of rotatable bonds is 6. The van der Waals surface area contributed by atoms with Crippen molar-refractivity contribution in [2.75, 3.05) is 12.4 Å². The van der Waals surface area contributed by atoms with Crippen LogP contribution >= 0.6 is 11.8 Å². The molecular weight excluding hydrogens is 319 g/mol. The van der Waals surface area contributed by atoms with E-state index in [2.05, 4.69) is 15.5 Å². The van der Waals surface area contributed by atoms with Crippen molar-refractivity contribution in [3.63, 3.8) is 0 Å². The lowest BCUT2D eigenvalue weighted by molar-refractivity contribution is 0.325. The molecule has 0 spiro atoms. The van der Waals surface area contributed by atoms with Crippen LogP contribution in [0.15, 0.2) is 53.7 Å². The van der Waals surface area contributed by atoms with Crippen LogP contribution in [0.1, 0.15) is 0 Å². The third kappa shape index (κ3) is 3.78. The number of ether oxygens (including phenoxy) is 1. The van der Waals surface area contributed by atoms with E-state index in [9.17, 15) is 9.50 Å². The number of aromatic nitrogens is 4. The zero-order chi connectivity index (χ0) is 16.1. The molecule has 0 radical (unpaired) electrons. The van der Waals surface area contributed by atoms with Gasteiger partial charge in [-0.15, -0.1) is 5.10 Å². The van der Waals surface area contributed by atoms with Crippen LogP contribution in [-0.4, -0.2) is 37.7 Å². The van der Waals surface area contributed by atoms with Crippen LogP contribution in [0.3, 0.4) is 0 Å². The molecule has 0 amide bonds. The Bertz CT molecular complexity index is 779. The molecule has 0 bridgehead atoms. The maximum Gasteiger partial charge on any atom is 0.214 e. The summed E-state index contributed by atoms with van der Waals surface area (Å²) < 4.78 is 20.4. The molecule has 2 aromatic carbocycles. The fraction of sp³-hybridized carbons (Fsp3) is 0.133. The Kier molecular flexibility index (Phi) is 4.72. The largest absolute Gasteiger partial charge is 0.508 e. The number of benzene rings is 2. The molecule has 0 fully saturated rings. The second-order valence-electron chi connectivity index (χ2n) is 4.52. The van der Waals surface area contributed by atoms with Crippen molar-refractivity contribution in [3.8, 4) is 17.2 Å². The fourth-order valence-electron chi connectivity index (χ4n) is 1.87. The summed E-state index contributed by atoms with van der Waals surface area (Å²) >= 11 is 1.39. The van der Waals surface area contributed by atoms with Gasteiger partial charge in [0.2, 0.25) is 5.16 Å². The monoisotopic (exact) mass is 332 g/mol. The van der Waals surface area contributed by atoms with E-state index in [-0.39, 0.29) is 17.3 Å². The molecule has 0 unspecified atom stereocenters. The van der Waals surface area contributed by atoms with E-state index < -0.39 is 0 Å².